The lowest BCUT2D eigenvalue weighted by atomic mass is 10.1. The summed E-state index contributed by atoms with van der Waals surface area (Å²) in [5.41, 5.74) is 0. The van der Waals surface area contributed by atoms with Crippen LogP contribution in [0.15, 0.2) is 72.9 Å². The first-order valence-corrected chi connectivity index (χ1v) is 24.1. The zero-order valence-electron chi connectivity index (χ0n) is 37.5. The van der Waals surface area contributed by atoms with Crippen LogP contribution in [0, 0.1) is 0 Å². The van der Waals surface area contributed by atoms with Crippen LogP contribution in [0.25, 0.3) is 0 Å². The van der Waals surface area contributed by atoms with Crippen LogP contribution in [-0.4, -0.2) is 70.0 Å². The van der Waals surface area contributed by atoms with Crippen molar-refractivity contribution < 1.29 is 42.1 Å². The number of carbonyl (C=O) groups is 2. The predicted molar refractivity (Wildman–Crippen MR) is 240 cm³/mol. The molecule has 10 heteroatoms. The molecule has 0 rings (SSSR count). The van der Waals surface area contributed by atoms with E-state index < -0.39 is 32.5 Å². The Kier molecular flexibility index (Phi) is 38.1. The van der Waals surface area contributed by atoms with Crippen LogP contribution in [0.2, 0.25) is 0 Å². The molecular formula is C48H84NO8P. The van der Waals surface area contributed by atoms with Crippen molar-refractivity contribution in [1.82, 2.24) is 0 Å². The second-order valence-corrected chi connectivity index (χ2v) is 17.4. The van der Waals surface area contributed by atoms with Crippen LogP contribution in [-0.2, 0) is 32.7 Å². The smallest absolute Gasteiger partial charge is 0.306 e. The molecule has 0 saturated carbocycles. The second kappa shape index (κ2) is 39.9. The van der Waals surface area contributed by atoms with E-state index in [1.165, 1.54) is 25.7 Å². The summed E-state index contributed by atoms with van der Waals surface area (Å²) in [4.78, 5) is 37.6. The number of hydrogen-bond donors (Lipinski definition) is 0. The van der Waals surface area contributed by atoms with Gasteiger partial charge in [0.05, 0.1) is 27.7 Å². The maximum atomic E-state index is 12.7. The SMILES string of the molecule is CC/C=C\C/C=C\C/C=C\CCCCCCCC(=O)OCC(COP(=O)([O-])OCC[N+](C)(C)C)OC(=O)CCCCCCCC/C=C\C/C=C\C/C=C\CCCCC. The molecule has 0 bridgehead atoms. The molecule has 0 aromatic heterocycles. The number of ether oxygens (including phenoxy) is 2. The number of phosphoric acid groups is 1. The van der Waals surface area contributed by atoms with Crippen LogP contribution in [0.3, 0.4) is 0 Å². The molecule has 0 saturated heterocycles. The number of likely N-dealkylation sites (N-methyl/N-ethyl adjacent to an activating group) is 1. The molecule has 0 aliphatic heterocycles. The molecule has 0 fully saturated rings. The third-order valence-electron chi connectivity index (χ3n) is 9.21. The molecule has 2 unspecified atom stereocenters. The molecule has 0 spiro atoms. The number of nitrogens with zero attached hydrogens (tertiary/aromatic N) is 1. The quantitative estimate of drug-likeness (QED) is 0.0197. The van der Waals surface area contributed by atoms with Gasteiger partial charge in [0.1, 0.15) is 19.8 Å². The normalized spacial score (nSPS) is 14.2. The van der Waals surface area contributed by atoms with Crippen molar-refractivity contribution in [1.29, 1.82) is 0 Å². The van der Waals surface area contributed by atoms with E-state index >= 15 is 0 Å². The van der Waals surface area contributed by atoms with Crippen molar-refractivity contribution >= 4 is 19.8 Å². The molecule has 2 atom stereocenters. The minimum absolute atomic E-state index is 0.0404. The number of unbranched alkanes of at least 4 members (excludes halogenated alkanes) is 14. The highest BCUT2D eigenvalue weighted by Crippen LogP contribution is 2.38. The molecule has 0 aliphatic carbocycles. The molecule has 0 aliphatic rings. The third-order valence-corrected chi connectivity index (χ3v) is 10.2. The minimum Gasteiger partial charge on any atom is -0.756 e. The molecule has 9 nitrogen and oxygen atoms in total. The van der Waals surface area contributed by atoms with E-state index in [0.717, 1.165) is 103 Å². The Morgan fingerprint density at radius 1 is 0.552 bits per heavy atom. The first-order chi connectivity index (χ1) is 28.0. The van der Waals surface area contributed by atoms with Gasteiger partial charge in [0.2, 0.25) is 0 Å². The first-order valence-electron chi connectivity index (χ1n) is 22.6. The van der Waals surface area contributed by atoms with Gasteiger partial charge in [-0.1, -0.05) is 145 Å². The number of rotatable bonds is 40. The van der Waals surface area contributed by atoms with E-state index in [9.17, 15) is 19.0 Å². The largest absolute Gasteiger partial charge is 0.756 e. The summed E-state index contributed by atoms with van der Waals surface area (Å²) in [7, 11) is 1.13. The maximum absolute atomic E-state index is 12.7. The highest BCUT2D eigenvalue weighted by Gasteiger charge is 2.21. The maximum Gasteiger partial charge on any atom is 0.306 e. The number of quaternary nitrogens is 1. The molecule has 58 heavy (non-hydrogen) atoms. The number of allylic oxidation sites excluding steroid dienone is 12. The first kappa shape index (κ1) is 55.5. The molecule has 0 heterocycles. The molecule has 0 aromatic rings. The van der Waals surface area contributed by atoms with E-state index in [1.54, 1.807) is 0 Å². The van der Waals surface area contributed by atoms with Crippen molar-refractivity contribution in [2.45, 2.75) is 174 Å². The number of carbonyl (C=O) groups excluding carboxylic acids is 2. The van der Waals surface area contributed by atoms with Gasteiger partial charge in [0, 0.05) is 12.8 Å². The summed E-state index contributed by atoms with van der Waals surface area (Å²) >= 11 is 0. The van der Waals surface area contributed by atoms with Crippen LogP contribution in [0.5, 0.6) is 0 Å². The Morgan fingerprint density at radius 3 is 1.47 bits per heavy atom. The van der Waals surface area contributed by atoms with E-state index in [4.69, 9.17) is 18.5 Å². The summed E-state index contributed by atoms with van der Waals surface area (Å²) in [6.07, 6.45) is 49.2. The topological polar surface area (TPSA) is 111 Å². The van der Waals surface area contributed by atoms with Gasteiger partial charge in [0.25, 0.3) is 7.82 Å². The lowest BCUT2D eigenvalue weighted by Crippen LogP contribution is -2.37. The Hall–Kier alpha value is -2.55. The number of hydrogen-bond acceptors (Lipinski definition) is 8. The lowest BCUT2D eigenvalue weighted by molar-refractivity contribution is -0.870. The number of phosphoric ester groups is 1. The number of esters is 2. The van der Waals surface area contributed by atoms with Crippen LogP contribution in [0.1, 0.15) is 168 Å². The van der Waals surface area contributed by atoms with Crippen LogP contribution in [0.4, 0.5) is 0 Å². The summed E-state index contributed by atoms with van der Waals surface area (Å²) in [5.74, 6) is -0.875. The van der Waals surface area contributed by atoms with Crippen molar-refractivity contribution in [3.05, 3.63) is 72.9 Å². The van der Waals surface area contributed by atoms with Gasteiger partial charge in [-0.3, -0.25) is 14.2 Å². The Balaban J connectivity index is 4.40. The fourth-order valence-corrected chi connectivity index (χ4v) is 6.40. The minimum atomic E-state index is -4.64. The summed E-state index contributed by atoms with van der Waals surface area (Å²) in [6, 6.07) is 0. The van der Waals surface area contributed by atoms with E-state index in [2.05, 4.69) is 86.8 Å². The van der Waals surface area contributed by atoms with E-state index in [1.807, 2.05) is 21.1 Å². The summed E-state index contributed by atoms with van der Waals surface area (Å²) in [6.45, 7) is 4.04. The fourth-order valence-electron chi connectivity index (χ4n) is 5.67. The van der Waals surface area contributed by atoms with Gasteiger partial charge in [-0.2, -0.15) is 0 Å². The molecule has 0 aromatic carbocycles. The van der Waals surface area contributed by atoms with Crippen LogP contribution < -0.4 is 4.89 Å². The highest BCUT2D eigenvalue weighted by atomic mass is 31.2. The molecular weight excluding hydrogens is 750 g/mol. The average Bonchev–Trinajstić information content (AvgIpc) is 3.17. The fraction of sp³-hybridized carbons (Fsp3) is 0.708. The van der Waals surface area contributed by atoms with Crippen molar-refractivity contribution in [3.8, 4) is 0 Å². The second-order valence-electron chi connectivity index (χ2n) is 16.0. The Bertz CT molecular complexity index is 1220. The summed E-state index contributed by atoms with van der Waals surface area (Å²) in [5, 5.41) is 0. The predicted octanol–water partition coefficient (Wildman–Crippen LogP) is 12.4. The summed E-state index contributed by atoms with van der Waals surface area (Å²) < 4.78 is 33.9. The van der Waals surface area contributed by atoms with E-state index in [0.29, 0.717) is 23.9 Å². The molecule has 334 valence electrons. The van der Waals surface area contributed by atoms with Gasteiger partial charge < -0.3 is 27.9 Å². The van der Waals surface area contributed by atoms with Gasteiger partial charge in [0.15, 0.2) is 6.10 Å². The Morgan fingerprint density at radius 2 is 0.983 bits per heavy atom. The van der Waals surface area contributed by atoms with Crippen molar-refractivity contribution in [2.75, 3.05) is 47.5 Å². The monoisotopic (exact) mass is 834 g/mol. The zero-order valence-corrected chi connectivity index (χ0v) is 38.4. The van der Waals surface area contributed by atoms with Crippen LogP contribution >= 0.6 is 7.82 Å². The highest BCUT2D eigenvalue weighted by molar-refractivity contribution is 7.45. The van der Waals surface area contributed by atoms with Crippen molar-refractivity contribution in [2.24, 2.45) is 0 Å². The zero-order chi connectivity index (χ0) is 42.8. The molecule has 0 radical (unpaired) electrons. The van der Waals surface area contributed by atoms with Gasteiger partial charge >= 0.3 is 11.9 Å². The standard InChI is InChI=1S/C48H84NO8P/c1-6-8-10-12-14-16-18-20-22-23-24-25-27-29-31-33-35-37-39-41-48(51)57-46(45-56-58(52,53)55-43-42-49(3,4)5)44-54-47(50)40-38-36-34-32-30-28-26-21-19-17-15-13-11-9-7-2/h9,11,14-17,20-22,24-26,46H,6-8,10,12-13,18-19,23,27-45H2,1-5H3/b11-9-,16-14-,17-15-,22-20-,25-24-,26-21-. The Labute approximate surface area is 355 Å². The average molecular weight is 834 g/mol. The molecule has 0 amide bonds. The van der Waals surface area contributed by atoms with Crippen molar-refractivity contribution in [3.63, 3.8) is 0 Å². The van der Waals surface area contributed by atoms with Gasteiger partial charge in [-0.25, -0.2) is 0 Å². The van der Waals surface area contributed by atoms with Gasteiger partial charge in [-0.15, -0.1) is 0 Å². The van der Waals surface area contributed by atoms with Gasteiger partial charge in [-0.05, 0) is 83.5 Å². The van der Waals surface area contributed by atoms with E-state index in [-0.39, 0.29) is 26.1 Å². The third kappa shape index (κ3) is 43.0. The molecule has 0 N–H and O–H groups in total. The lowest BCUT2D eigenvalue weighted by Gasteiger charge is -2.28.